The third kappa shape index (κ3) is 6.44. The fraction of sp³-hybridized carbons (Fsp3) is 0.400. The second-order valence-electron chi connectivity index (χ2n) is 10.8. The highest BCUT2D eigenvalue weighted by Crippen LogP contribution is 2.37. The van der Waals surface area contributed by atoms with Crippen LogP contribution in [0.25, 0.3) is 5.52 Å². The van der Waals surface area contributed by atoms with Gasteiger partial charge in [-0.15, -0.1) is 6.58 Å². The van der Waals surface area contributed by atoms with E-state index in [0.717, 1.165) is 6.42 Å². The van der Waals surface area contributed by atoms with E-state index < -0.39 is 17.6 Å². The minimum Gasteiger partial charge on any atom is -0.494 e. The molecule has 1 aromatic carbocycles. The Morgan fingerprint density at radius 2 is 2.02 bits per heavy atom. The third-order valence-corrected chi connectivity index (χ3v) is 6.58. The zero-order chi connectivity index (χ0) is 29.7. The largest absolute Gasteiger partial charge is 0.494 e. The maximum atomic E-state index is 14.1. The van der Waals surface area contributed by atoms with Crippen molar-refractivity contribution < 1.29 is 24.3 Å². The summed E-state index contributed by atoms with van der Waals surface area (Å²) < 4.78 is 7.07. The van der Waals surface area contributed by atoms with Crippen LogP contribution in [0, 0.1) is 11.3 Å². The van der Waals surface area contributed by atoms with Gasteiger partial charge in [0.05, 0.1) is 29.6 Å². The number of nitrogens with one attached hydrogen (secondary N) is 1. The summed E-state index contributed by atoms with van der Waals surface area (Å²) in [7, 11) is 0. The number of aromatic nitrogens is 2. The molecule has 41 heavy (non-hydrogen) atoms. The van der Waals surface area contributed by atoms with Gasteiger partial charge in [0.2, 0.25) is 0 Å². The number of carbonyl (C=O) groups excluding carboxylic acids is 1. The second kappa shape index (κ2) is 12.3. The maximum Gasteiger partial charge on any atom is 0.407 e. The molecular weight excluding hydrogens is 524 g/mol. The van der Waals surface area contributed by atoms with Gasteiger partial charge in [0.25, 0.3) is 5.91 Å². The zero-order valence-corrected chi connectivity index (χ0v) is 23.9. The number of piperidine rings is 1. The lowest BCUT2D eigenvalue weighted by molar-refractivity contribution is -0.0173. The lowest BCUT2D eigenvalue weighted by Crippen LogP contribution is -2.45. The van der Waals surface area contributed by atoms with E-state index in [1.807, 2.05) is 27.7 Å². The molecule has 1 atom stereocenters. The molecular formula is C30H36N6O5. The first-order valence-corrected chi connectivity index (χ1v) is 13.6. The average Bonchev–Trinajstić information content (AvgIpc) is 3.41. The van der Waals surface area contributed by atoms with E-state index in [-0.39, 0.29) is 19.0 Å². The zero-order valence-electron chi connectivity index (χ0n) is 23.9. The van der Waals surface area contributed by atoms with Crippen LogP contribution in [0.15, 0.2) is 49.2 Å². The smallest absolute Gasteiger partial charge is 0.407 e. The summed E-state index contributed by atoms with van der Waals surface area (Å²) in [6, 6.07) is 10.5. The Hall–Kier alpha value is -4.56. The molecule has 2 N–H and O–H groups in total. The van der Waals surface area contributed by atoms with Gasteiger partial charge in [-0.05, 0) is 77.3 Å². The van der Waals surface area contributed by atoms with E-state index >= 15 is 0 Å². The van der Waals surface area contributed by atoms with E-state index in [1.165, 1.54) is 14.5 Å². The van der Waals surface area contributed by atoms with E-state index in [9.17, 15) is 20.0 Å². The molecule has 0 unspecified atom stereocenters. The molecule has 1 aliphatic rings. The average molecular weight is 561 g/mol. The fourth-order valence-electron chi connectivity index (χ4n) is 4.90. The third-order valence-electron chi connectivity index (χ3n) is 6.58. The van der Waals surface area contributed by atoms with E-state index in [0.29, 0.717) is 59.0 Å². The van der Waals surface area contributed by atoms with Gasteiger partial charge >= 0.3 is 6.09 Å². The Kier molecular flexibility index (Phi) is 8.83. The normalized spacial score (nSPS) is 15.3. The van der Waals surface area contributed by atoms with Gasteiger partial charge in [0.15, 0.2) is 5.82 Å². The highest BCUT2D eigenvalue weighted by atomic mass is 16.7. The van der Waals surface area contributed by atoms with Crippen molar-refractivity contribution in [2.24, 2.45) is 0 Å². The summed E-state index contributed by atoms with van der Waals surface area (Å²) >= 11 is 0. The number of carbonyl (C=O) groups is 2. The number of likely N-dealkylation sites (tertiary alicyclic amines) is 1. The lowest BCUT2D eigenvalue weighted by Gasteiger charge is -2.34. The number of allylic oxidation sites excluding steroid dienone is 1. The second-order valence-corrected chi connectivity index (χ2v) is 10.8. The van der Waals surface area contributed by atoms with Crippen molar-refractivity contribution in [3.63, 3.8) is 0 Å². The number of fused-ring (bicyclic) bond motifs is 1. The molecule has 0 spiro atoms. The number of hydrogen-bond donors (Lipinski definition) is 2. The fourth-order valence-corrected chi connectivity index (χ4v) is 4.90. The van der Waals surface area contributed by atoms with Crippen LogP contribution in [0.2, 0.25) is 0 Å². The standard InChI is InChI=1S/C30H36N6O5/c1-6-9-23-26(33-21-10-8-17-34(19-21)29(38)39)24(18-31)25-15-16-32-35(25)27(23)36(41-30(3,4)5)28(37)20-11-13-22(14-12-20)40-7-2/h6,11-16,21,33H,1,7-10,17,19H2,2-5H3,(H,38,39)/t21-/m0/s1. The molecule has 0 bridgehead atoms. The number of benzene rings is 1. The Balaban J connectivity index is 1.91. The number of amides is 2. The number of pyridine rings is 1. The van der Waals surface area contributed by atoms with Gasteiger partial charge < -0.3 is 20.1 Å². The first-order valence-electron chi connectivity index (χ1n) is 13.6. The molecule has 2 aromatic heterocycles. The van der Waals surface area contributed by atoms with Crippen LogP contribution in [0.5, 0.6) is 5.75 Å². The molecule has 3 aromatic rings. The number of hydrogen-bond acceptors (Lipinski definition) is 7. The minimum atomic E-state index is -0.985. The van der Waals surface area contributed by atoms with E-state index in [2.05, 4.69) is 23.1 Å². The minimum absolute atomic E-state index is 0.243. The quantitative estimate of drug-likeness (QED) is 0.267. The summed E-state index contributed by atoms with van der Waals surface area (Å²) in [4.78, 5) is 33.5. The van der Waals surface area contributed by atoms with Crippen molar-refractivity contribution in [1.82, 2.24) is 14.5 Å². The van der Waals surface area contributed by atoms with Crippen molar-refractivity contribution in [1.29, 1.82) is 5.26 Å². The van der Waals surface area contributed by atoms with Gasteiger partial charge in [0.1, 0.15) is 17.4 Å². The molecule has 0 aliphatic carbocycles. The van der Waals surface area contributed by atoms with Crippen LogP contribution in [0.4, 0.5) is 16.3 Å². The van der Waals surface area contributed by atoms with Crippen LogP contribution < -0.4 is 15.1 Å². The van der Waals surface area contributed by atoms with Gasteiger partial charge in [-0.25, -0.2) is 9.31 Å². The number of nitriles is 1. The van der Waals surface area contributed by atoms with Gasteiger partial charge in [-0.1, -0.05) is 6.08 Å². The van der Waals surface area contributed by atoms with Gasteiger partial charge in [-0.3, -0.25) is 9.63 Å². The Morgan fingerprint density at radius 1 is 1.29 bits per heavy atom. The van der Waals surface area contributed by atoms with E-state index in [4.69, 9.17) is 9.57 Å². The van der Waals surface area contributed by atoms with Crippen LogP contribution in [0.3, 0.4) is 0 Å². The Morgan fingerprint density at radius 3 is 2.63 bits per heavy atom. The van der Waals surface area contributed by atoms with Crippen molar-refractivity contribution >= 4 is 29.0 Å². The molecule has 11 nitrogen and oxygen atoms in total. The summed E-state index contributed by atoms with van der Waals surface area (Å²) in [5, 5.41) is 29.0. The number of rotatable bonds is 9. The number of anilines is 2. The molecule has 0 radical (unpaired) electrons. The molecule has 3 heterocycles. The Labute approximate surface area is 239 Å². The highest BCUT2D eigenvalue weighted by molar-refractivity contribution is 6.05. The van der Waals surface area contributed by atoms with Crippen LogP contribution in [-0.4, -0.2) is 63.0 Å². The number of ether oxygens (including phenoxy) is 1. The lowest BCUT2D eigenvalue weighted by atomic mass is 10.0. The van der Waals surface area contributed by atoms with Crippen molar-refractivity contribution in [2.75, 3.05) is 30.1 Å². The van der Waals surface area contributed by atoms with Crippen molar-refractivity contribution in [3.8, 4) is 11.8 Å². The molecule has 4 rings (SSSR count). The summed E-state index contributed by atoms with van der Waals surface area (Å²) in [5.41, 5.74) is 1.47. The van der Waals surface area contributed by atoms with Gasteiger partial charge in [0, 0.05) is 30.3 Å². The number of nitrogens with zero attached hydrogens (tertiary/aromatic N) is 5. The molecule has 1 saturated heterocycles. The first kappa shape index (κ1) is 29.4. The SMILES string of the molecule is C=CCc1c(N[C@H]2CCCN(C(=O)O)C2)c(C#N)c2ccnn2c1N(OC(C)(C)C)C(=O)c1ccc(OCC)cc1. The van der Waals surface area contributed by atoms with E-state index in [1.54, 1.807) is 42.6 Å². The molecule has 11 heteroatoms. The van der Waals surface area contributed by atoms with Crippen LogP contribution >= 0.6 is 0 Å². The van der Waals surface area contributed by atoms with Gasteiger partial charge in [-0.2, -0.15) is 15.4 Å². The maximum absolute atomic E-state index is 14.1. The summed E-state index contributed by atoms with van der Waals surface area (Å²) in [6.07, 6.45) is 3.93. The van der Waals surface area contributed by atoms with Crippen LogP contribution in [-0.2, 0) is 11.3 Å². The van der Waals surface area contributed by atoms with Crippen molar-refractivity contribution in [3.05, 3.63) is 65.9 Å². The molecule has 1 aliphatic heterocycles. The van der Waals surface area contributed by atoms with Crippen molar-refractivity contribution in [2.45, 2.75) is 58.6 Å². The molecule has 1 fully saturated rings. The predicted octanol–water partition coefficient (Wildman–Crippen LogP) is 5.26. The summed E-state index contributed by atoms with van der Waals surface area (Å²) in [6.45, 7) is 12.5. The number of hydroxylamine groups is 1. The molecule has 2 amide bonds. The molecule has 0 saturated carbocycles. The first-order chi connectivity index (χ1) is 19.6. The highest BCUT2D eigenvalue weighted by Gasteiger charge is 2.33. The molecule has 216 valence electrons. The topological polar surface area (TPSA) is 132 Å². The monoisotopic (exact) mass is 560 g/mol. The summed E-state index contributed by atoms with van der Waals surface area (Å²) in [5.74, 6) is 0.531. The predicted molar refractivity (Wildman–Crippen MR) is 155 cm³/mol. The Bertz CT molecular complexity index is 1470. The number of carboxylic acid groups (broad SMARTS) is 1. The van der Waals surface area contributed by atoms with Crippen LogP contribution in [0.1, 0.15) is 62.0 Å².